The summed E-state index contributed by atoms with van der Waals surface area (Å²) in [5, 5.41) is 9.08. The van der Waals surface area contributed by atoms with Crippen LogP contribution in [0.4, 0.5) is 18.9 Å². The zero-order valence-electron chi connectivity index (χ0n) is 18.7. The third kappa shape index (κ3) is 4.42. The molecule has 2 aromatic rings. The normalized spacial score (nSPS) is 22.7. The fraction of sp³-hybridized carbons (Fsp3) is 0.440. The molecule has 174 valence electrons. The summed E-state index contributed by atoms with van der Waals surface area (Å²) in [5.41, 5.74) is 0.559. The van der Waals surface area contributed by atoms with Crippen molar-refractivity contribution >= 4 is 11.6 Å². The fourth-order valence-electron chi connectivity index (χ4n) is 5.22. The van der Waals surface area contributed by atoms with E-state index in [2.05, 4.69) is 0 Å². The van der Waals surface area contributed by atoms with Crippen molar-refractivity contribution in [2.24, 2.45) is 11.3 Å². The first-order valence-electron chi connectivity index (χ1n) is 10.9. The van der Waals surface area contributed by atoms with Gasteiger partial charge in [0.2, 0.25) is 0 Å². The lowest BCUT2D eigenvalue weighted by Gasteiger charge is -2.44. The zero-order chi connectivity index (χ0) is 23.8. The number of amides is 1. The molecule has 2 aliphatic rings. The second-order valence-electron chi connectivity index (χ2n) is 9.08. The number of nitrogens with zero attached hydrogens (tertiary/aromatic N) is 3. The maximum Gasteiger partial charge on any atom is 0.417 e. The lowest BCUT2D eigenvalue weighted by molar-refractivity contribution is -0.137. The van der Waals surface area contributed by atoms with Gasteiger partial charge in [0, 0.05) is 55.9 Å². The highest BCUT2D eigenvalue weighted by Crippen LogP contribution is 2.45. The van der Waals surface area contributed by atoms with Gasteiger partial charge in [-0.25, -0.2) is 0 Å². The number of likely N-dealkylation sites (tertiary alicyclic amines) is 1. The molecule has 2 aromatic carbocycles. The summed E-state index contributed by atoms with van der Waals surface area (Å²) < 4.78 is 45.9. The van der Waals surface area contributed by atoms with Gasteiger partial charge in [-0.15, -0.1) is 0 Å². The van der Waals surface area contributed by atoms with E-state index in [-0.39, 0.29) is 22.8 Å². The first kappa shape index (κ1) is 23.1. The number of carbonyl (C=O) groups excluding carboxylic acids is 1. The standard InChI is InChI=1S/C25H26F3N3O2/c1-17-4-3-5-18(10-17)23(32)31-14-20-13-30(9-8-24(20,15-31)16-33-2)21-7-6-19(12-29)22(11-21)25(26,27)28/h3-7,10-11,20H,8-9,13-16H2,1-2H3/t20-,24+/m1/s1. The largest absolute Gasteiger partial charge is 0.417 e. The first-order valence-corrected chi connectivity index (χ1v) is 10.9. The molecular formula is C25H26F3N3O2. The molecule has 0 aliphatic carbocycles. The highest BCUT2D eigenvalue weighted by Gasteiger charge is 2.51. The topological polar surface area (TPSA) is 56.6 Å². The Morgan fingerprint density at radius 3 is 2.70 bits per heavy atom. The Kier molecular flexibility index (Phi) is 6.10. The summed E-state index contributed by atoms with van der Waals surface area (Å²) in [6.07, 6.45) is -3.90. The van der Waals surface area contributed by atoms with Crippen molar-refractivity contribution in [2.45, 2.75) is 19.5 Å². The Bertz CT molecular complexity index is 1100. The minimum Gasteiger partial charge on any atom is -0.384 e. The Morgan fingerprint density at radius 1 is 1.24 bits per heavy atom. The third-order valence-corrected chi connectivity index (χ3v) is 6.91. The van der Waals surface area contributed by atoms with Gasteiger partial charge >= 0.3 is 6.18 Å². The summed E-state index contributed by atoms with van der Waals surface area (Å²) in [6.45, 7) is 4.59. The molecule has 33 heavy (non-hydrogen) atoms. The number of hydrogen-bond acceptors (Lipinski definition) is 4. The highest BCUT2D eigenvalue weighted by atomic mass is 19.4. The van der Waals surface area contributed by atoms with E-state index in [1.54, 1.807) is 19.2 Å². The van der Waals surface area contributed by atoms with Gasteiger partial charge in [0.1, 0.15) is 0 Å². The van der Waals surface area contributed by atoms with E-state index in [0.29, 0.717) is 50.5 Å². The van der Waals surface area contributed by atoms with Crippen molar-refractivity contribution in [3.63, 3.8) is 0 Å². The number of piperidine rings is 1. The van der Waals surface area contributed by atoms with E-state index in [1.165, 1.54) is 6.07 Å². The van der Waals surface area contributed by atoms with Crippen LogP contribution in [-0.2, 0) is 10.9 Å². The third-order valence-electron chi connectivity index (χ3n) is 6.91. The maximum absolute atomic E-state index is 13.5. The molecule has 0 radical (unpaired) electrons. The molecule has 0 spiro atoms. The number of anilines is 1. The fourth-order valence-corrected chi connectivity index (χ4v) is 5.22. The molecule has 2 heterocycles. The van der Waals surface area contributed by atoms with Gasteiger partial charge in [0.15, 0.2) is 0 Å². The number of fused-ring (bicyclic) bond motifs is 1. The van der Waals surface area contributed by atoms with Crippen molar-refractivity contribution in [3.8, 4) is 6.07 Å². The van der Waals surface area contributed by atoms with Crippen molar-refractivity contribution in [2.75, 3.05) is 44.8 Å². The number of rotatable bonds is 4. The minimum absolute atomic E-state index is 0.0344. The number of benzene rings is 2. The average molecular weight is 457 g/mol. The predicted octanol–water partition coefficient (Wildman–Crippen LogP) is 4.50. The molecule has 2 atom stereocenters. The van der Waals surface area contributed by atoms with E-state index in [1.807, 2.05) is 41.0 Å². The van der Waals surface area contributed by atoms with Crippen LogP contribution >= 0.6 is 0 Å². The SMILES string of the molecule is COC[C@@]12CCN(c3ccc(C#N)c(C(F)(F)F)c3)C[C@@H]1CN(C(=O)c1cccc(C)c1)C2. The lowest BCUT2D eigenvalue weighted by atomic mass is 9.73. The average Bonchev–Trinajstić information content (AvgIpc) is 3.16. The number of ether oxygens (including phenoxy) is 1. The van der Waals surface area contributed by atoms with Gasteiger partial charge in [-0.2, -0.15) is 18.4 Å². The van der Waals surface area contributed by atoms with Crippen molar-refractivity contribution in [3.05, 3.63) is 64.7 Å². The van der Waals surface area contributed by atoms with E-state index in [4.69, 9.17) is 10.00 Å². The molecule has 2 saturated heterocycles. The molecule has 0 unspecified atom stereocenters. The molecule has 1 amide bonds. The molecule has 8 heteroatoms. The number of carbonyl (C=O) groups is 1. The van der Waals surface area contributed by atoms with Crippen LogP contribution in [0.2, 0.25) is 0 Å². The van der Waals surface area contributed by atoms with Crippen LogP contribution in [0.25, 0.3) is 0 Å². The van der Waals surface area contributed by atoms with Crippen LogP contribution in [-0.4, -0.2) is 50.7 Å². The molecule has 4 rings (SSSR count). The van der Waals surface area contributed by atoms with Crippen LogP contribution in [0.1, 0.15) is 33.5 Å². The summed E-state index contributed by atoms with van der Waals surface area (Å²) in [4.78, 5) is 17.0. The molecule has 0 bridgehead atoms. The number of alkyl halides is 3. The second-order valence-corrected chi connectivity index (χ2v) is 9.08. The minimum atomic E-state index is -4.60. The number of hydrogen-bond donors (Lipinski definition) is 0. The molecule has 5 nitrogen and oxygen atoms in total. The first-order chi connectivity index (χ1) is 15.7. The zero-order valence-corrected chi connectivity index (χ0v) is 18.7. The van der Waals surface area contributed by atoms with E-state index in [0.717, 1.165) is 11.6 Å². The summed E-state index contributed by atoms with van der Waals surface area (Å²) in [7, 11) is 1.64. The molecule has 2 fully saturated rings. The number of nitriles is 1. The maximum atomic E-state index is 13.5. The van der Waals surface area contributed by atoms with E-state index >= 15 is 0 Å². The summed E-state index contributed by atoms with van der Waals surface area (Å²) >= 11 is 0. The number of methoxy groups -OCH3 is 1. The van der Waals surface area contributed by atoms with Crippen LogP contribution in [0, 0.1) is 29.6 Å². The quantitative estimate of drug-likeness (QED) is 0.679. The van der Waals surface area contributed by atoms with Gasteiger partial charge in [-0.05, 0) is 43.7 Å². The van der Waals surface area contributed by atoms with E-state index in [9.17, 15) is 18.0 Å². The Labute approximate surface area is 191 Å². The van der Waals surface area contributed by atoms with Crippen molar-refractivity contribution in [1.29, 1.82) is 5.26 Å². The Hall–Kier alpha value is -3.05. The predicted molar refractivity (Wildman–Crippen MR) is 118 cm³/mol. The monoisotopic (exact) mass is 457 g/mol. The molecule has 0 aromatic heterocycles. The molecule has 2 aliphatic heterocycles. The lowest BCUT2D eigenvalue weighted by Crippen LogP contribution is -2.49. The van der Waals surface area contributed by atoms with Gasteiger partial charge in [-0.1, -0.05) is 17.7 Å². The highest BCUT2D eigenvalue weighted by molar-refractivity contribution is 5.94. The van der Waals surface area contributed by atoms with Crippen LogP contribution < -0.4 is 4.90 Å². The van der Waals surface area contributed by atoms with Crippen molar-refractivity contribution < 1.29 is 22.7 Å². The van der Waals surface area contributed by atoms with Crippen LogP contribution in [0.3, 0.4) is 0 Å². The molecule has 0 N–H and O–H groups in total. The smallest absolute Gasteiger partial charge is 0.384 e. The van der Waals surface area contributed by atoms with Crippen LogP contribution in [0.15, 0.2) is 42.5 Å². The van der Waals surface area contributed by atoms with Gasteiger partial charge < -0.3 is 14.5 Å². The summed E-state index contributed by atoms with van der Waals surface area (Å²) in [5.74, 6) is 0.0257. The second kappa shape index (κ2) is 8.71. The van der Waals surface area contributed by atoms with Crippen molar-refractivity contribution in [1.82, 2.24) is 4.90 Å². The number of halogens is 3. The molecular weight excluding hydrogens is 431 g/mol. The Morgan fingerprint density at radius 2 is 2.03 bits per heavy atom. The van der Waals surface area contributed by atoms with Gasteiger partial charge in [0.25, 0.3) is 5.91 Å². The molecule has 0 saturated carbocycles. The summed E-state index contributed by atoms with van der Waals surface area (Å²) in [6, 6.07) is 13.0. The van der Waals surface area contributed by atoms with E-state index < -0.39 is 11.7 Å². The van der Waals surface area contributed by atoms with Gasteiger partial charge in [-0.3, -0.25) is 4.79 Å². The number of aryl methyl sites for hydroxylation is 1. The van der Waals surface area contributed by atoms with Crippen LogP contribution in [0.5, 0.6) is 0 Å². The van der Waals surface area contributed by atoms with Gasteiger partial charge in [0.05, 0.1) is 23.8 Å². The Balaban J connectivity index is 1.58.